The minimum absolute atomic E-state index is 0.263. The van der Waals surface area contributed by atoms with E-state index in [9.17, 15) is 0 Å². The molecule has 0 aromatic rings. The fourth-order valence-electron chi connectivity index (χ4n) is 2.46. The van der Waals surface area contributed by atoms with Gasteiger partial charge in [-0.1, -0.05) is 47.0 Å². The van der Waals surface area contributed by atoms with Gasteiger partial charge in [-0.2, -0.15) is 0 Å². The number of likely N-dealkylation sites (N-methyl/N-ethyl adjacent to an activating group) is 1. The van der Waals surface area contributed by atoms with Crippen molar-refractivity contribution >= 4 is 0 Å². The predicted octanol–water partition coefficient (Wildman–Crippen LogP) is 2.55. The molecule has 0 amide bonds. The molecule has 0 aromatic carbocycles. The van der Waals surface area contributed by atoms with E-state index in [0.717, 1.165) is 26.2 Å². The molecular weight excluding hydrogens is 212 g/mol. The van der Waals surface area contributed by atoms with Crippen LogP contribution < -0.4 is 0 Å². The molecule has 3 heteroatoms. The summed E-state index contributed by atoms with van der Waals surface area (Å²) in [5.74, 6) is 0. The van der Waals surface area contributed by atoms with Gasteiger partial charge in [0.25, 0.3) is 0 Å². The van der Waals surface area contributed by atoms with Crippen LogP contribution in [0.1, 0.15) is 53.4 Å². The van der Waals surface area contributed by atoms with Crippen molar-refractivity contribution < 1.29 is 5.11 Å². The Labute approximate surface area is 108 Å². The Hall–Kier alpha value is -0.120. The fourth-order valence-corrected chi connectivity index (χ4v) is 2.46. The monoisotopic (exact) mass is 244 g/mol. The summed E-state index contributed by atoms with van der Waals surface area (Å²) in [6, 6.07) is 0. The molecule has 0 heterocycles. The summed E-state index contributed by atoms with van der Waals surface area (Å²) in [6.07, 6.45) is 5.61. The van der Waals surface area contributed by atoms with E-state index >= 15 is 0 Å². The van der Waals surface area contributed by atoms with E-state index in [4.69, 9.17) is 5.11 Å². The number of nitrogens with zero attached hydrogens (tertiary/aromatic N) is 2. The number of unbranched alkanes of at least 4 members (excludes halogenated alkanes) is 2. The number of hydrogen-bond donors (Lipinski definition) is 1. The quantitative estimate of drug-likeness (QED) is 0.447. The molecule has 1 unspecified atom stereocenters. The third kappa shape index (κ3) is 6.39. The highest BCUT2D eigenvalue weighted by Crippen LogP contribution is 2.14. The van der Waals surface area contributed by atoms with Crippen LogP contribution in [0.4, 0.5) is 0 Å². The third-order valence-corrected chi connectivity index (χ3v) is 3.51. The molecule has 0 radical (unpaired) electrons. The number of aliphatic hydroxyl groups excluding tert-OH is 1. The molecule has 0 spiro atoms. The standard InChI is InChI=1S/C14H32N2O/c1-5-9-10-11-14(15(6-2)7-3)16(8-4)12-13-17/h14,17H,5-13H2,1-4H3. The van der Waals surface area contributed by atoms with Crippen molar-refractivity contribution in [2.24, 2.45) is 0 Å². The first kappa shape index (κ1) is 16.9. The molecule has 17 heavy (non-hydrogen) atoms. The molecule has 3 nitrogen and oxygen atoms in total. The highest BCUT2D eigenvalue weighted by Gasteiger charge is 2.21. The largest absolute Gasteiger partial charge is 0.395 e. The van der Waals surface area contributed by atoms with Crippen LogP contribution in [0, 0.1) is 0 Å². The van der Waals surface area contributed by atoms with E-state index < -0.39 is 0 Å². The van der Waals surface area contributed by atoms with Crippen molar-refractivity contribution in [1.29, 1.82) is 0 Å². The summed E-state index contributed by atoms with van der Waals surface area (Å²) in [6.45, 7) is 13.2. The number of hydrogen-bond acceptors (Lipinski definition) is 3. The fraction of sp³-hybridized carbons (Fsp3) is 1.00. The molecule has 0 saturated heterocycles. The van der Waals surface area contributed by atoms with Gasteiger partial charge in [-0.25, -0.2) is 0 Å². The lowest BCUT2D eigenvalue weighted by molar-refractivity contribution is 0.0329. The van der Waals surface area contributed by atoms with Gasteiger partial charge >= 0.3 is 0 Å². The van der Waals surface area contributed by atoms with Crippen molar-refractivity contribution in [3.8, 4) is 0 Å². The van der Waals surface area contributed by atoms with E-state index in [1.54, 1.807) is 0 Å². The maximum Gasteiger partial charge on any atom is 0.0622 e. The molecule has 0 aliphatic rings. The molecular formula is C14H32N2O. The van der Waals surface area contributed by atoms with Crippen molar-refractivity contribution in [2.75, 3.05) is 32.8 Å². The summed E-state index contributed by atoms with van der Waals surface area (Å²) in [4.78, 5) is 4.91. The zero-order valence-corrected chi connectivity index (χ0v) is 12.3. The molecule has 0 rings (SSSR count). The molecule has 1 N–H and O–H groups in total. The second-order valence-electron chi connectivity index (χ2n) is 4.55. The van der Waals surface area contributed by atoms with E-state index in [1.165, 1.54) is 25.7 Å². The van der Waals surface area contributed by atoms with Crippen LogP contribution in [0.15, 0.2) is 0 Å². The second-order valence-corrected chi connectivity index (χ2v) is 4.55. The maximum absolute atomic E-state index is 9.16. The van der Waals surface area contributed by atoms with E-state index in [1.807, 2.05) is 0 Å². The Morgan fingerprint density at radius 1 is 0.882 bits per heavy atom. The van der Waals surface area contributed by atoms with Gasteiger partial charge in [-0.05, 0) is 26.1 Å². The summed E-state index contributed by atoms with van der Waals surface area (Å²) in [7, 11) is 0. The van der Waals surface area contributed by atoms with Crippen molar-refractivity contribution in [3.63, 3.8) is 0 Å². The first-order valence-electron chi connectivity index (χ1n) is 7.33. The molecule has 0 aliphatic carbocycles. The average Bonchev–Trinajstić information content (AvgIpc) is 2.36. The van der Waals surface area contributed by atoms with Gasteiger partial charge in [-0.3, -0.25) is 9.80 Å². The Morgan fingerprint density at radius 3 is 1.88 bits per heavy atom. The van der Waals surface area contributed by atoms with E-state index in [-0.39, 0.29) is 6.61 Å². The van der Waals surface area contributed by atoms with Crippen LogP contribution in [0.25, 0.3) is 0 Å². The SMILES string of the molecule is CCCCCC(N(CC)CC)N(CC)CCO. The zero-order chi connectivity index (χ0) is 13.1. The van der Waals surface area contributed by atoms with Crippen LogP contribution in [0.2, 0.25) is 0 Å². The Bertz CT molecular complexity index is 160. The van der Waals surface area contributed by atoms with Gasteiger partial charge in [0, 0.05) is 6.54 Å². The van der Waals surface area contributed by atoms with Gasteiger partial charge in [-0.15, -0.1) is 0 Å². The molecule has 0 aliphatic heterocycles. The topological polar surface area (TPSA) is 26.7 Å². The van der Waals surface area contributed by atoms with Crippen molar-refractivity contribution in [3.05, 3.63) is 0 Å². The lowest BCUT2D eigenvalue weighted by atomic mass is 10.1. The average molecular weight is 244 g/mol. The van der Waals surface area contributed by atoms with Crippen molar-refractivity contribution in [2.45, 2.75) is 59.5 Å². The predicted molar refractivity (Wildman–Crippen MR) is 75.2 cm³/mol. The second kappa shape index (κ2) is 11.0. The minimum atomic E-state index is 0.263. The highest BCUT2D eigenvalue weighted by molar-refractivity contribution is 4.71. The summed E-state index contributed by atoms with van der Waals surface area (Å²) < 4.78 is 0. The van der Waals surface area contributed by atoms with Crippen molar-refractivity contribution in [1.82, 2.24) is 9.80 Å². The van der Waals surface area contributed by atoms with Crippen LogP contribution in [-0.2, 0) is 0 Å². The number of aliphatic hydroxyl groups is 1. The maximum atomic E-state index is 9.16. The van der Waals surface area contributed by atoms with Gasteiger partial charge in [0.05, 0.1) is 12.8 Å². The van der Waals surface area contributed by atoms with E-state index in [0.29, 0.717) is 6.17 Å². The van der Waals surface area contributed by atoms with Crippen LogP contribution in [0.3, 0.4) is 0 Å². The van der Waals surface area contributed by atoms with E-state index in [2.05, 4.69) is 37.5 Å². The molecule has 0 saturated carbocycles. The molecule has 104 valence electrons. The third-order valence-electron chi connectivity index (χ3n) is 3.51. The lowest BCUT2D eigenvalue weighted by Gasteiger charge is -2.38. The first-order valence-corrected chi connectivity index (χ1v) is 7.33. The van der Waals surface area contributed by atoms with Crippen LogP contribution in [-0.4, -0.2) is 53.9 Å². The summed E-state index contributed by atoms with van der Waals surface area (Å²) in [5.41, 5.74) is 0. The van der Waals surface area contributed by atoms with Gasteiger partial charge in [0.2, 0.25) is 0 Å². The minimum Gasteiger partial charge on any atom is -0.395 e. The molecule has 0 aromatic heterocycles. The van der Waals surface area contributed by atoms with Crippen LogP contribution >= 0.6 is 0 Å². The molecule has 0 fully saturated rings. The Morgan fingerprint density at radius 2 is 1.47 bits per heavy atom. The highest BCUT2D eigenvalue weighted by atomic mass is 16.3. The van der Waals surface area contributed by atoms with Crippen LogP contribution in [0.5, 0.6) is 0 Å². The summed E-state index contributed by atoms with van der Waals surface area (Å²) in [5, 5.41) is 9.16. The zero-order valence-electron chi connectivity index (χ0n) is 12.3. The van der Waals surface area contributed by atoms with Gasteiger partial charge in [0.1, 0.15) is 0 Å². The Balaban J connectivity index is 4.43. The Kier molecular flexibility index (Phi) is 10.9. The first-order chi connectivity index (χ1) is 8.24. The number of rotatable bonds is 11. The summed E-state index contributed by atoms with van der Waals surface area (Å²) >= 11 is 0. The smallest absolute Gasteiger partial charge is 0.0622 e. The van der Waals surface area contributed by atoms with Gasteiger partial charge in [0.15, 0.2) is 0 Å². The normalized spacial score (nSPS) is 13.6. The molecule has 0 bridgehead atoms. The van der Waals surface area contributed by atoms with Gasteiger partial charge < -0.3 is 5.11 Å². The lowest BCUT2D eigenvalue weighted by Crippen LogP contribution is -2.49. The molecule has 1 atom stereocenters.